The van der Waals surface area contributed by atoms with E-state index >= 15 is 0 Å². The highest BCUT2D eigenvalue weighted by atomic mass is 32.2. The standard InChI is InChI=1S/C11H10O5S/c1-16-9-6-7-4-2-3-5-8(7)11(10(9)12)17(13,14)15/h2-6,12H,1H3,(H,13,14,15). The topological polar surface area (TPSA) is 83.8 Å². The van der Waals surface area contributed by atoms with E-state index in [1.54, 1.807) is 18.2 Å². The molecule has 0 aromatic heterocycles. The average molecular weight is 254 g/mol. The summed E-state index contributed by atoms with van der Waals surface area (Å²) in [5.41, 5.74) is 0. The number of benzene rings is 2. The smallest absolute Gasteiger partial charge is 0.298 e. The molecule has 2 aromatic carbocycles. The van der Waals surface area contributed by atoms with Crippen LogP contribution in [0.1, 0.15) is 0 Å². The van der Waals surface area contributed by atoms with Crippen molar-refractivity contribution in [2.75, 3.05) is 7.11 Å². The first-order valence-corrected chi connectivity index (χ1v) is 6.15. The Kier molecular flexibility index (Phi) is 2.68. The van der Waals surface area contributed by atoms with E-state index in [0.717, 1.165) is 0 Å². The number of fused-ring (bicyclic) bond motifs is 1. The van der Waals surface area contributed by atoms with Gasteiger partial charge in [-0.2, -0.15) is 8.42 Å². The minimum atomic E-state index is -4.52. The molecule has 90 valence electrons. The third-order valence-corrected chi connectivity index (χ3v) is 3.35. The molecule has 0 fully saturated rings. The van der Waals surface area contributed by atoms with Crippen molar-refractivity contribution in [2.24, 2.45) is 0 Å². The zero-order chi connectivity index (χ0) is 12.6. The van der Waals surface area contributed by atoms with Crippen LogP contribution in [0.4, 0.5) is 0 Å². The Morgan fingerprint density at radius 3 is 2.47 bits per heavy atom. The second-order valence-electron chi connectivity index (χ2n) is 3.45. The molecule has 0 unspecified atom stereocenters. The van der Waals surface area contributed by atoms with Crippen molar-refractivity contribution in [3.63, 3.8) is 0 Å². The van der Waals surface area contributed by atoms with E-state index in [-0.39, 0.29) is 11.1 Å². The second kappa shape index (κ2) is 3.90. The van der Waals surface area contributed by atoms with Crippen LogP contribution in [0, 0.1) is 0 Å². The Bertz CT molecular complexity index is 676. The third-order valence-electron chi connectivity index (χ3n) is 2.42. The number of phenolic OH excluding ortho intramolecular Hbond substituents is 1. The zero-order valence-electron chi connectivity index (χ0n) is 8.91. The molecule has 0 aliphatic heterocycles. The van der Waals surface area contributed by atoms with Crippen molar-refractivity contribution in [3.05, 3.63) is 30.3 Å². The monoisotopic (exact) mass is 254 g/mol. The van der Waals surface area contributed by atoms with E-state index in [1.165, 1.54) is 19.2 Å². The molecule has 0 radical (unpaired) electrons. The van der Waals surface area contributed by atoms with Crippen LogP contribution < -0.4 is 4.74 Å². The lowest BCUT2D eigenvalue weighted by atomic mass is 10.1. The van der Waals surface area contributed by atoms with E-state index in [0.29, 0.717) is 5.39 Å². The van der Waals surface area contributed by atoms with Crippen molar-refractivity contribution in [1.82, 2.24) is 0 Å². The Hall–Kier alpha value is -1.79. The lowest BCUT2D eigenvalue weighted by Crippen LogP contribution is -2.01. The van der Waals surface area contributed by atoms with Gasteiger partial charge in [0.25, 0.3) is 10.1 Å². The zero-order valence-corrected chi connectivity index (χ0v) is 9.73. The summed E-state index contributed by atoms with van der Waals surface area (Å²) < 4.78 is 36.6. The SMILES string of the molecule is COc1cc2ccccc2c(S(=O)(=O)O)c1O. The molecule has 2 aromatic rings. The average Bonchev–Trinajstić information content (AvgIpc) is 2.26. The molecule has 0 heterocycles. The van der Waals surface area contributed by atoms with Crippen LogP contribution in [0.5, 0.6) is 11.5 Å². The van der Waals surface area contributed by atoms with Gasteiger partial charge in [0.1, 0.15) is 4.90 Å². The summed E-state index contributed by atoms with van der Waals surface area (Å²) in [5, 5.41) is 10.6. The van der Waals surface area contributed by atoms with Gasteiger partial charge in [-0.25, -0.2) is 0 Å². The van der Waals surface area contributed by atoms with Crippen LogP contribution in [-0.2, 0) is 10.1 Å². The van der Waals surface area contributed by atoms with Gasteiger partial charge in [-0.05, 0) is 11.5 Å². The van der Waals surface area contributed by atoms with Gasteiger partial charge in [0.2, 0.25) is 0 Å². The maximum absolute atomic E-state index is 11.3. The molecular formula is C11H10O5S. The molecule has 0 amide bonds. The first kappa shape index (κ1) is 11.7. The van der Waals surface area contributed by atoms with E-state index in [4.69, 9.17) is 9.29 Å². The van der Waals surface area contributed by atoms with Crippen molar-refractivity contribution in [1.29, 1.82) is 0 Å². The van der Waals surface area contributed by atoms with Crippen LogP contribution in [0.3, 0.4) is 0 Å². The summed E-state index contributed by atoms with van der Waals surface area (Å²) in [4.78, 5) is -0.535. The number of ether oxygens (including phenoxy) is 1. The van der Waals surface area contributed by atoms with Crippen molar-refractivity contribution < 1.29 is 22.8 Å². The quantitative estimate of drug-likeness (QED) is 0.798. The molecule has 0 bridgehead atoms. The van der Waals surface area contributed by atoms with Gasteiger partial charge in [0.05, 0.1) is 7.11 Å². The number of hydrogen-bond donors (Lipinski definition) is 2. The minimum Gasteiger partial charge on any atom is -0.503 e. The molecule has 2 N–H and O–H groups in total. The lowest BCUT2D eigenvalue weighted by Gasteiger charge is -2.10. The first-order valence-electron chi connectivity index (χ1n) is 4.71. The van der Waals surface area contributed by atoms with E-state index in [2.05, 4.69) is 0 Å². The third kappa shape index (κ3) is 1.92. The van der Waals surface area contributed by atoms with Gasteiger partial charge in [0, 0.05) is 5.39 Å². The molecule has 0 spiro atoms. The largest absolute Gasteiger partial charge is 0.503 e. The fourth-order valence-corrected chi connectivity index (χ4v) is 2.50. The summed E-state index contributed by atoms with van der Waals surface area (Å²) in [6.45, 7) is 0. The summed E-state index contributed by atoms with van der Waals surface area (Å²) >= 11 is 0. The number of hydrogen-bond acceptors (Lipinski definition) is 4. The summed E-state index contributed by atoms with van der Waals surface area (Å²) in [6.07, 6.45) is 0. The number of aromatic hydroxyl groups is 1. The van der Waals surface area contributed by atoms with Crippen LogP contribution in [0.15, 0.2) is 35.2 Å². The minimum absolute atomic E-state index is 0.00340. The number of rotatable bonds is 2. The molecular weight excluding hydrogens is 244 g/mol. The molecule has 6 heteroatoms. The van der Waals surface area contributed by atoms with Gasteiger partial charge < -0.3 is 9.84 Å². The molecule has 0 aliphatic rings. The van der Waals surface area contributed by atoms with E-state index in [1.807, 2.05) is 0 Å². The normalized spacial score (nSPS) is 11.6. The highest BCUT2D eigenvalue weighted by Crippen LogP contribution is 2.39. The predicted molar refractivity (Wildman–Crippen MR) is 62.0 cm³/mol. The van der Waals surface area contributed by atoms with Crippen LogP contribution in [0.2, 0.25) is 0 Å². The van der Waals surface area contributed by atoms with Crippen LogP contribution in [-0.4, -0.2) is 25.2 Å². The Morgan fingerprint density at radius 1 is 1.24 bits per heavy atom. The van der Waals surface area contributed by atoms with E-state index < -0.39 is 20.8 Å². The highest BCUT2D eigenvalue weighted by molar-refractivity contribution is 7.86. The second-order valence-corrected chi connectivity index (χ2v) is 4.81. The highest BCUT2D eigenvalue weighted by Gasteiger charge is 2.22. The molecule has 17 heavy (non-hydrogen) atoms. The lowest BCUT2D eigenvalue weighted by molar-refractivity contribution is 0.366. The van der Waals surface area contributed by atoms with Gasteiger partial charge in [-0.1, -0.05) is 24.3 Å². The number of methoxy groups -OCH3 is 1. The fraction of sp³-hybridized carbons (Fsp3) is 0.0909. The Balaban J connectivity index is 3.01. The van der Waals surface area contributed by atoms with Gasteiger partial charge in [0.15, 0.2) is 11.5 Å². The Labute approximate surface area is 98.0 Å². The maximum atomic E-state index is 11.3. The molecule has 5 nitrogen and oxygen atoms in total. The molecule has 0 aliphatic carbocycles. The van der Waals surface area contributed by atoms with E-state index in [9.17, 15) is 13.5 Å². The Morgan fingerprint density at radius 2 is 1.88 bits per heavy atom. The van der Waals surface area contributed by atoms with Gasteiger partial charge in [-0.15, -0.1) is 0 Å². The van der Waals surface area contributed by atoms with Crippen LogP contribution in [0.25, 0.3) is 10.8 Å². The first-order chi connectivity index (χ1) is 7.95. The maximum Gasteiger partial charge on any atom is 0.298 e. The van der Waals surface area contributed by atoms with Crippen molar-refractivity contribution in [2.45, 2.75) is 4.90 Å². The number of phenols is 1. The summed E-state index contributed by atoms with van der Waals surface area (Å²) in [6, 6.07) is 7.98. The molecule has 0 atom stereocenters. The molecule has 0 saturated heterocycles. The van der Waals surface area contributed by atoms with Crippen molar-refractivity contribution in [3.8, 4) is 11.5 Å². The molecule has 0 saturated carbocycles. The van der Waals surface area contributed by atoms with Gasteiger partial charge >= 0.3 is 0 Å². The summed E-state index contributed by atoms with van der Waals surface area (Å²) in [5.74, 6) is -0.593. The fourth-order valence-electron chi connectivity index (χ4n) is 1.70. The summed E-state index contributed by atoms with van der Waals surface area (Å²) in [7, 11) is -3.22. The predicted octanol–water partition coefficient (Wildman–Crippen LogP) is 1.80. The van der Waals surface area contributed by atoms with Gasteiger partial charge in [-0.3, -0.25) is 4.55 Å². The van der Waals surface area contributed by atoms with Crippen molar-refractivity contribution >= 4 is 20.9 Å². The van der Waals surface area contributed by atoms with Crippen LogP contribution >= 0.6 is 0 Å². The molecule has 2 rings (SSSR count).